The van der Waals surface area contributed by atoms with E-state index in [-0.39, 0.29) is 23.0 Å². The molecule has 0 saturated carbocycles. The van der Waals surface area contributed by atoms with E-state index in [0.29, 0.717) is 10.6 Å². The minimum absolute atomic E-state index is 0.235. The van der Waals surface area contributed by atoms with Gasteiger partial charge >= 0.3 is 5.97 Å². The molecule has 0 atom stereocenters. The summed E-state index contributed by atoms with van der Waals surface area (Å²) in [4.78, 5) is 24.7. The number of aromatic nitrogens is 1. The molecule has 0 saturated heterocycles. The second-order valence-corrected chi connectivity index (χ2v) is 6.92. The zero-order chi connectivity index (χ0) is 19.6. The van der Waals surface area contributed by atoms with Gasteiger partial charge in [0.1, 0.15) is 0 Å². The van der Waals surface area contributed by atoms with E-state index in [9.17, 15) is 9.59 Å². The molecule has 0 N–H and O–H groups in total. The molecule has 0 unspecified atom stereocenters. The molecular weight excluding hydrogens is 385 g/mol. The highest BCUT2D eigenvalue weighted by Gasteiger charge is 2.19. The molecule has 1 heterocycles. The molecule has 1 aromatic heterocycles. The Bertz CT molecular complexity index is 1010. The van der Waals surface area contributed by atoms with Crippen molar-refractivity contribution in [3.8, 4) is 5.69 Å². The maximum atomic E-state index is 12.6. The van der Waals surface area contributed by atoms with Gasteiger partial charge in [0.25, 0.3) is 0 Å². The number of nitrogens with zero attached hydrogens (tertiary/aromatic N) is 1. The van der Waals surface area contributed by atoms with Crippen LogP contribution in [0, 0.1) is 13.8 Å². The van der Waals surface area contributed by atoms with Crippen molar-refractivity contribution in [1.29, 1.82) is 0 Å². The largest absolute Gasteiger partial charge is 0.454 e. The van der Waals surface area contributed by atoms with Gasteiger partial charge in [0.2, 0.25) is 5.78 Å². The number of carbonyl (C=O) groups excluding carboxylic acids is 2. The molecule has 4 nitrogen and oxygen atoms in total. The van der Waals surface area contributed by atoms with E-state index in [1.807, 2.05) is 30.5 Å². The molecule has 0 aliphatic rings. The average molecular weight is 402 g/mol. The minimum atomic E-state index is -0.625. The van der Waals surface area contributed by atoms with Crippen molar-refractivity contribution < 1.29 is 14.3 Å². The fraction of sp³-hybridized carbons (Fsp3) is 0.143. The lowest BCUT2D eigenvalue weighted by molar-refractivity contribution is 0.0474. The van der Waals surface area contributed by atoms with Gasteiger partial charge in [0.05, 0.1) is 10.6 Å². The first kappa shape index (κ1) is 19.2. The molecule has 0 fully saturated rings. The number of hydrogen-bond donors (Lipinski definition) is 0. The van der Waals surface area contributed by atoms with Gasteiger partial charge in [-0.25, -0.2) is 4.79 Å². The first-order valence-corrected chi connectivity index (χ1v) is 9.04. The fourth-order valence-electron chi connectivity index (χ4n) is 2.95. The first-order chi connectivity index (χ1) is 12.9. The molecule has 6 heteroatoms. The van der Waals surface area contributed by atoms with Gasteiger partial charge < -0.3 is 9.30 Å². The van der Waals surface area contributed by atoms with Crippen molar-refractivity contribution >= 4 is 35.0 Å². The molecule has 0 bridgehead atoms. The second kappa shape index (κ2) is 7.99. The molecule has 138 valence electrons. The summed E-state index contributed by atoms with van der Waals surface area (Å²) in [6, 6.07) is 15.7. The number of Topliss-reactive ketones (excluding diaryl/α,β-unsaturated/α-hetero) is 1. The summed E-state index contributed by atoms with van der Waals surface area (Å²) in [6.07, 6.45) is 0. The van der Waals surface area contributed by atoms with Crippen LogP contribution in [-0.4, -0.2) is 22.9 Å². The number of benzene rings is 2. The van der Waals surface area contributed by atoms with Crippen LogP contribution in [0.15, 0.2) is 54.6 Å². The van der Waals surface area contributed by atoms with E-state index in [1.165, 1.54) is 0 Å². The van der Waals surface area contributed by atoms with Gasteiger partial charge in [0.15, 0.2) is 6.61 Å². The number of ether oxygens (including phenoxy) is 1. The summed E-state index contributed by atoms with van der Waals surface area (Å²) in [5.74, 6) is -0.899. The van der Waals surface area contributed by atoms with Crippen molar-refractivity contribution in [2.45, 2.75) is 13.8 Å². The molecule has 0 aliphatic heterocycles. The second-order valence-electron chi connectivity index (χ2n) is 6.08. The van der Waals surface area contributed by atoms with Crippen molar-refractivity contribution in [3.63, 3.8) is 0 Å². The van der Waals surface area contributed by atoms with Crippen molar-refractivity contribution in [2.24, 2.45) is 0 Å². The van der Waals surface area contributed by atoms with Gasteiger partial charge in [-0.1, -0.05) is 35.3 Å². The predicted molar refractivity (Wildman–Crippen MR) is 106 cm³/mol. The van der Waals surface area contributed by atoms with Crippen LogP contribution in [0.25, 0.3) is 5.69 Å². The van der Waals surface area contributed by atoms with Crippen LogP contribution < -0.4 is 0 Å². The van der Waals surface area contributed by atoms with Gasteiger partial charge in [-0.15, -0.1) is 0 Å². The molecular formula is C21H17Cl2NO3. The smallest absolute Gasteiger partial charge is 0.340 e. The number of esters is 1. The van der Waals surface area contributed by atoms with E-state index >= 15 is 0 Å². The third-order valence-electron chi connectivity index (χ3n) is 4.24. The van der Waals surface area contributed by atoms with Gasteiger partial charge in [-0.3, -0.25) is 4.79 Å². The zero-order valence-corrected chi connectivity index (χ0v) is 16.3. The molecule has 3 aromatic rings. The first-order valence-electron chi connectivity index (χ1n) is 8.28. The number of halogens is 2. The minimum Gasteiger partial charge on any atom is -0.454 e. The highest BCUT2D eigenvalue weighted by Crippen LogP contribution is 2.23. The normalized spacial score (nSPS) is 10.7. The van der Waals surface area contributed by atoms with Crippen LogP contribution in [0.2, 0.25) is 10.0 Å². The van der Waals surface area contributed by atoms with E-state index in [4.69, 9.17) is 27.9 Å². The summed E-state index contributed by atoms with van der Waals surface area (Å²) in [6.45, 7) is 3.41. The van der Waals surface area contributed by atoms with Gasteiger partial charge in [0, 0.05) is 27.7 Å². The summed E-state index contributed by atoms with van der Waals surface area (Å²) >= 11 is 11.9. The predicted octanol–water partition coefficient (Wildman–Crippen LogP) is 5.44. The molecule has 3 rings (SSSR count). The maximum absolute atomic E-state index is 12.6. The Hall–Kier alpha value is -2.56. The molecule has 0 aliphatic carbocycles. The number of carbonyl (C=O) groups is 2. The highest BCUT2D eigenvalue weighted by molar-refractivity contribution is 6.33. The Kier molecular flexibility index (Phi) is 5.68. The molecule has 2 aromatic carbocycles. The van der Waals surface area contributed by atoms with Crippen LogP contribution in [0.1, 0.15) is 32.1 Å². The van der Waals surface area contributed by atoms with E-state index in [0.717, 1.165) is 17.1 Å². The van der Waals surface area contributed by atoms with Crippen LogP contribution in [-0.2, 0) is 4.74 Å². The van der Waals surface area contributed by atoms with Crippen molar-refractivity contribution in [3.05, 3.63) is 87.2 Å². The molecule has 0 amide bonds. The van der Waals surface area contributed by atoms with Crippen LogP contribution in [0.5, 0.6) is 0 Å². The maximum Gasteiger partial charge on any atom is 0.340 e. The number of ketones is 1. The molecule has 27 heavy (non-hydrogen) atoms. The standard InChI is InChI=1S/C21H17Cl2NO3/c1-13-11-18(14(2)24(13)16-9-7-15(22)8-10-16)20(25)12-27-21(26)17-5-3-4-6-19(17)23/h3-11H,12H2,1-2H3. The topological polar surface area (TPSA) is 48.3 Å². The Morgan fingerprint density at radius 1 is 0.963 bits per heavy atom. The quantitative estimate of drug-likeness (QED) is 0.422. The van der Waals surface area contributed by atoms with Crippen LogP contribution in [0.4, 0.5) is 0 Å². The number of hydrogen-bond acceptors (Lipinski definition) is 3. The summed E-state index contributed by atoms with van der Waals surface area (Å²) < 4.78 is 7.11. The molecule has 0 spiro atoms. The summed E-state index contributed by atoms with van der Waals surface area (Å²) in [7, 11) is 0. The Balaban J connectivity index is 1.78. The number of aryl methyl sites for hydroxylation is 1. The van der Waals surface area contributed by atoms with E-state index in [1.54, 1.807) is 42.5 Å². The molecule has 0 radical (unpaired) electrons. The SMILES string of the molecule is Cc1cc(C(=O)COC(=O)c2ccccc2Cl)c(C)n1-c1ccc(Cl)cc1. The van der Waals surface area contributed by atoms with Crippen LogP contribution in [0.3, 0.4) is 0 Å². The zero-order valence-electron chi connectivity index (χ0n) is 14.8. The average Bonchev–Trinajstić information content (AvgIpc) is 2.95. The lowest BCUT2D eigenvalue weighted by Crippen LogP contribution is -2.15. The number of rotatable bonds is 5. The fourth-order valence-corrected chi connectivity index (χ4v) is 3.28. The van der Waals surface area contributed by atoms with Crippen LogP contribution >= 0.6 is 23.2 Å². The van der Waals surface area contributed by atoms with Gasteiger partial charge in [-0.05, 0) is 56.3 Å². The third-order valence-corrected chi connectivity index (χ3v) is 4.83. The highest BCUT2D eigenvalue weighted by atomic mass is 35.5. The van der Waals surface area contributed by atoms with Crippen molar-refractivity contribution in [2.75, 3.05) is 6.61 Å². The Morgan fingerprint density at radius 2 is 1.63 bits per heavy atom. The van der Waals surface area contributed by atoms with Crippen molar-refractivity contribution in [1.82, 2.24) is 4.57 Å². The lowest BCUT2D eigenvalue weighted by atomic mass is 10.1. The lowest BCUT2D eigenvalue weighted by Gasteiger charge is -2.10. The summed E-state index contributed by atoms with van der Waals surface area (Å²) in [5.41, 5.74) is 3.32. The van der Waals surface area contributed by atoms with E-state index < -0.39 is 5.97 Å². The Morgan fingerprint density at radius 3 is 2.30 bits per heavy atom. The monoisotopic (exact) mass is 401 g/mol. The summed E-state index contributed by atoms with van der Waals surface area (Å²) in [5, 5.41) is 0.930. The van der Waals surface area contributed by atoms with Gasteiger partial charge in [-0.2, -0.15) is 0 Å². The Labute approximate surface area is 167 Å². The van der Waals surface area contributed by atoms with E-state index in [2.05, 4.69) is 0 Å². The third kappa shape index (κ3) is 4.07.